The number of anilines is 2. The molecule has 4 rings (SSSR count). The number of rotatable bonds is 0. The van der Waals surface area contributed by atoms with Gasteiger partial charge in [0.15, 0.2) is 0 Å². The molecule has 6 N–H and O–H groups in total. The van der Waals surface area contributed by atoms with Crippen LogP contribution in [0.2, 0.25) is 0 Å². The highest BCUT2D eigenvalue weighted by Gasteiger charge is 2.53. The van der Waals surface area contributed by atoms with Crippen LogP contribution in [0.5, 0.6) is 0 Å². The number of fused-ring (bicyclic) bond motifs is 4. The van der Waals surface area contributed by atoms with Crippen LogP contribution in [0.15, 0.2) is 12.1 Å². The number of ether oxygens (including phenoxy) is 2. The minimum Gasteiger partial charge on any atom is -0.385 e. The minimum absolute atomic E-state index is 0.251. The van der Waals surface area contributed by atoms with Crippen LogP contribution in [-0.4, -0.2) is 29.0 Å². The van der Waals surface area contributed by atoms with Gasteiger partial charge in [0.2, 0.25) is 5.78 Å². The van der Waals surface area contributed by atoms with Crippen LogP contribution in [0.3, 0.4) is 0 Å². The van der Waals surface area contributed by atoms with Crippen LogP contribution in [0.25, 0.3) is 11.4 Å². The Bertz CT molecular complexity index is 694. The molecule has 0 unspecified atom stereocenters. The van der Waals surface area contributed by atoms with E-state index in [0.29, 0.717) is 47.4 Å². The van der Waals surface area contributed by atoms with Crippen molar-refractivity contribution in [2.45, 2.75) is 5.79 Å². The fourth-order valence-electron chi connectivity index (χ4n) is 2.78. The van der Waals surface area contributed by atoms with Crippen LogP contribution in [-0.2, 0) is 15.3 Å². The topological polar surface area (TPSA) is 119 Å². The third-order valence-electron chi connectivity index (χ3n) is 3.52. The fourth-order valence-corrected chi connectivity index (χ4v) is 2.78. The van der Waals surface area contributed by atoms with Crippen molar-refractivity contribution in [1.82, 2.24) is 9.97 Å². The molecule has 2 aliphatic rings. The van der Waals surface area contributed by atoms with Gasteiger partial charge in [0, 0.05) is 5.56 Å². The first-order valence-electron chi connectivity index (χ1n) is 5.92. The van der Waals surface area contributed by atoms with Crippen molar-refractivity contribution < 1.29 is 14.3 Å². The molecule has 0 aromatic carbocycles. The quantitative estimate of drug-likeness (QED) is 0.552. The Kier molecular flexibility index (Phi) is 1.79. The molecular formula is C12H12N4O3. The van der Waals surface area contributed by atoms with E-state index in [-0.39, 0.29) is 5.78 Å². The lowest BCUT2D eigenvalue weighted by Crippen LogP contribution is -2.39. The van der Waals surface area contributed by atoms with Crippen molar-refractivity contribution in [3.8, 4) is 11.4 Å². The standard InChI is InChI=1S/C12H12N4O3/c13-7-3-5-9(15-7)10-6(4-8(14)16-10)12(11(5)17)18-1-2-19-12/h3-4,15-16H,1-2,13-14H2. The third-order valence-corrected chi connectivity index (χ3v) is 3.52. The Labute approximate surface area is 107 Å². The van der Waals surface area contributed by atoms with E-state index in [1.54, 1.807) is 12.1 Å². The van der Waals surface area contributed by atoms with Crippen LogP contribution in [0.1, 0.15) is 15.9 Å². The second-order valence-electron chi connectivity index (χ2n) is 4.67. The molecule has 7 heteroatoms. The van der Waals surface area contributed by atoms with E-state index < -0.39 is 5.79 Å². The van der Waals surface area contributed by atoms with E-state index in [9.17, 15) is 4.79 Å². The molecule has 0 atom stereocenters. The summed E-state index contributed by atoms with van der Waals surface area (Å²) in [6.07, 6.45) is 0. The van der Waals surface area contributed by atoms with Gasteiger partial charge in [-0.05, 0) is 12.1 Å². The Morgan fingerprint density at radius 3 is 2.42 bits per heavy atom. The molecule has 2 aromatic rings. The summed E-state index contributed by atoms with van der Waals surface area (Å²) in [5.74, 6) is -0.783. The number of carbonyl (C=O) groups excluding carboxylic acids is 1. The third kappa shape index (κ3) is 1.16. The van der Waals surface area contributed by atoms with Gasteiger partial charge in [-0.25, -0.2) is 0 Å². The van der Waals surface area contributed by atoms with E-state index in [2.05, 4.69) is 9.97 Å². The Morgan fingerprint density at radius 2 is 1.68 bits per heavy atom. The smallest absolute Gasteiger partial charge is 0.263 e. The van der Waals surface area contributed by atoms with E-state index >= 15 is 0 Å². The number of H-pyrrole nitrogens is 2. The molecule has 3 heterocycles. The zero-order chi connectivity index (χ0) is 13.2. The lowest BCUT2D eigenvalue weighted by Gasteiger charge is -2.29. The summed E-state index contributed by atoms with van der Waals surface area (Å²) in [4.78, 5) is 18.6. The van der Waals surface area contributed by atoms with Crippen LogP contribution in [0.4, 0.5) is 11.6 Å². The zero-order valence-electron chi connectivity index (χ0n) is 9.95. The van der Waals surface area contributed by atoms with Crippen LogP contribution in [0, 0.1) is 0 Å². The molecule has 19 heavy (non-hydrogen) atoms. The molecule has 7 nitrogen and oxygen atoms in total. The Hall–Kier alpha value is -2.25. The molecule has 1 aliphatic heterocycles. The second kappa shape index (κ2) is 3.19. The average Bonchev–Trinajstić information content (AvgIpc) is 3.04. The predicted molar refractivity (Wildman–Crippen MR) is 67.3 cm³/mol. The van der Waals surface area contributed by atoms with Gasteiger partial charge in [0.05, 0.1) is 30.2 Å². The number of Topliss-reactive ketones (excluding diaryl/α,β-unsaturated/α-hetero) is 1. The molecule has 0 radical (unpaired) electrons. The first-order valence-corrected chi connectivity index (χ1v) is 5.92. The number of aromatic nitrogens is 2. The number of nitrogen functional groups attached to an aromatic ring is 2. The lowest BCUT2D eigenvalue weighted by atomic mass is 9.88. The van der Waals surface area contributed by atoms with E-state index in [1.807, 2.05) is 0 Å². The molecular weight excluding hydrogens is 248 g/mol. The first kappa shape index (κ1) is 10.7. The van der Waals surface area contributed by atoms with Gasteiger partial charge < -0.3 is 30.9 Å². The fraction of sp³-hybridized carbons (Fsp3) is 0.250. The summed E-state index contributed by atoms with van der Waals surface area (Å²) in [5, 5.41) is 0. The van der Waals surface area contributed by atoms with Crippen molar-refractivity contribution in [3.05, 3.63) is 23.3 Å². The monoisotopic (exact) mass is 260 g/mol. The van der Waals surface area contributed by atoms with Gasteiger partial charge in [0.1, 0.15) is 11.6 Å². The number of ketones is 1. The van der Waals surface area contributed by atoms with Gasteiger partial charge in [-0.1, -0.05) is 0 Å². The highest BCUT2D eigenvalue weighted by Crippen LogP contribution is 2.47. The molecule has 1 saturated heterocycles. The summed E-state index contributed by atoms with van der Waals surface area (Å²) >= 11 is 0. The molecule has 1 fully saturated rings. The molecule has 2 aromatic heterocycles. The van der Waals surface area contributed by atoms with Crippen molar-refractivity contribution in [2.24, 2.45) is 0 Å². The minimum atomic E-state index is -1.38. The van der Waals surface area contributed by atoms with Crippen LogP contribution >= 0.6 is 0 Å². The van der Waals surface area contributed by atoms with Gasteiger partial charge in [-0.15, -0.1) is 0 Å². The molecule has 1 spiro atoms. The van der Waals surface area contributed by atoms with E-state index in [0.717, 1.165) is 0 Å². The average molecular weight is 260 g/mol. The second-order valence-corrected chi connectivity index (χ2v) is 4.67. The number of aromatic amines is 2. The largest absolute Gasteiger partial charge is 0.385 e. The van der Waals surface area contributed by atoms with Crippen LogP contribution < -0.4 is 11.5 Å². The molecule has 0 saturated carbocycles. The highest BCUT2D eigenvalue weighted by atomic mass is 16.7. The lowest BCUT2D eigenvalue weighted by molar-refractivity contribution is -0.126. The van der Waals surface area contributed by atoms with Gasteiger partial charge in [0.25, 0.3) is 5.79 Å². The van der Waals surface area contributed by atoms with Crippen molar-refractivity contribution in [1.29, 1.82) is 0 Å². The summed E-state index contributed by atoms with van der Waals surface area (Å²) in [6, 6.07) is 3.25. The van der Waals surface area contributed by atoms with Gasteiger partial charge >= 0.3 is 0 Å². The van der Waals surface area contributed by atoms with Gasteiger partial charge in [-0.3, -0.25) is 4.79 Å². The maximum atomic E-state index is 12.6. The van der Waals surface area contributed by atoms with Crippen molar-refractivity contribution in [2.75, 3.05) is 24.7 Å². The number of hydrogen-bond acceptors (Lipinski definition) is 5. The van der Waals surface area contributed by atoms with E-state index in [1.165, 1.54) is 0 Å². The van der Waals surface area contributed by atoms with Crippen molar-refractivity contribution in [3.63, 3.8) is 0 Å². The SMILES string of the molecule is Nc1cc2c([nH]1)-c1[nH]c(N)cc1C1(OCCO1)C2=O. The number of hydrogen-bond donors (Lipinski definition) is 4. The van der Waals surface area contributed by atoms with Gasteiger partial charge in [-0.2, -0.15) is 0 Å². The summed E-state index contributed by atoms with van der Waals surface area (Å²) < 4.78 is 11.2. The molecule has 98 valence electrons. The zero-order valence-corrected chi connectivity index (χ0v) is 9.95. The Balaban J connectivity index is 2.06. The number of carbonyl (C=O) groups is 1. The summed E-state index contributed by atoms with van der Waals surface area (Å²) in [6.45, 7) is 0.733. The maximum Gasteiger partial charge on any atom is 0.263 e. The van der Waals surface area contributed by atoms with E-state index in [4.69, 9.17) is 20.9 Å². The molecule has 1 aliphatic carbocycles. The molecule has 0 bridgehead atoms. The normalized spacial score (nSPS) is 19.7. The molecule has 0 amide bonds. The number of nitrogens with one attached hydrogen (secondary N) is 2. The summed E-state index contributed by atoms with van der Waals surface area (Å²) in [5.41, 5.74) is 13.9. The van der Waals surface area contributed by atoms with Crippen molar-refractivity contribution >= 4 is 17.4 Å². The highest BCUT2D eigenvalue weighted by molar-refractivity contribution is 6.11. The summed E-state index contributed by atoms with van der Waals surface area (Å²) in [7, 11) is 0. The Morgan fingerprint density at radius 1 is 1.05 bits per heavy atom. The maximum absolute atomic E-state index is 12.6. The predicted octanol–water partition coefficient (Wildman–Crippen LogP) is 0.570. The first-order chi connectivity index (χ1) is 9.12. The number of nitrogens with two attached hydrogens (primary N) is 2.